The standard InChI is InChI=1S/C19H22N6O2S/c1-2-5-16-24-19(28-25-16)23-15-9-4-8-14(21-15)22-18(27)11-10-20-12-6-3-7-13(26)17(11)12/h4,8-10,12,17,20H,2-3,5-7H2,1H3,(H2,21,22,23,24,25,27). The lowest BCUT2D eigenvalue weighted by atomic mass is 9.81. The van der Waals surface area contributed by atoms with Crippen LogP contribution in [0.15, 0.2) is 30.0 Å². The molecule has 9 heteroatoms. The minimum absolute atomic E-state index is 0.0395. The highest BCUT2D eigenvalue weighted by atomic mass is 32.1. The molecule has 1 amide bonds. The van der Waals surface area contributed by atoms with Crippen molar-refractivity contribution in [3.05, 3.63) is 35.8 Å². The SMILES string of the molecule is CCCc1nsc(Nc2cccc(NC(=O)C3=CNC4CCCC(=O)C34)n2)n1. The fourth-order valence-corrected chi connectivity index (χ4v) is 4.23. The number of hydrogen-bond acceptors (Lipinski definition) is 8. The van der Waals surface area contributed by atoms with Crippen LogP contribution in [-0.2, 0) is 16.0 Å². The first kappa shape index (κ1) is 18.5. The molecule has 1 aliphatic carbocycles. The maximum Gasteiger partial charge on any atom is 0.255 e. The van der Waals surface area contributed by atoms with Crippen LogP contribution in [0.2, 0.25) is 0 Å². The van der Waals surface area contributed by atoms with E-state index in [-0.39, 0.29) is 23.7 Å². The Labute approximate surface area is 167 Å². The molecule has 0 saturated heterocycles. The zero-order valence-electron chi connectivity index (χ0n) is 15.6. The predicted molar refractivity (Wildman–Crippen MR) is 107 cm³/mol. The number of anilines is 3. The summed E-state index contributed by atoms with van der Waals surface area (Å²) in [6.45, 7) is 2.08. The molecule has 2 aliphatic rings. The number of amides is 1. The lowest BCUT2D eigenvalue weighted by Gasteiger charge is -2.25. The van der Waals surface area contributed by atoms with Crippen molar-refractivity contribution >= 4 is 40.0 Å². The molecule has 28 heavy (non-hydrogen) atoms. The number of nitrogens with one attached hydrogen (secondary N) is 3. The molecule has 2 aromatic rings. The summed E-state index contributed by atoms with van der Waals surface area (Å²) in [4.78, 5) is 33.8. The maximum atomic E-state index is 12.7. The Balaban J connectivity index is 1.43. The van der Waals surface area contributed by atoms with E-state index in [2.05, 4.69) is 37.2 Å². The zero-order valence-corrected chi connectivity index (χ0v) is 16.4. The second-order valence-electron chi connectivity index (χ2n) is 6.96. The molecule has 1 saturated carbocycles. The van der Waals surface area contributed by atoms with Gasteiger partial charge in [-0.2, -0.15) is 4.37 Å². The van der Waals surface area contributed by atoms with Crippen molar-refractivity contribution < 1.29 is 9.59 Å². The molecule has 1 fully saturated rings. The van der Waals surface area contributed by atoms with Crippen molar-refractivity contribution in [3.8, 4) is 0 Å². The van der Waals surface area contributed by atoms with Gasteiger partial charge in [0.25, 0.3) is 5.91 Å². The third-order valence-electron chi connectivity index (χ3n) is 4.91. The number of carbonyl (C=O) groups is 2. The lowest BCUT2D eigenvalue weighted by Crippen LogP contribution is -2.38. The van der Waals surface area contributed by atoms with Gasteiger partial charge in [-0.25, -0.2) is 9.97 Å². The molecule has 3 N–H and O–H groups in total. The van der Waals surface area contributed by atoms with Crippen molar-refractivity contribution in [3.63, 3.8) is 0 Å². The van der Waals surface area contributed by atoms with E-state index < -0.39 is 0 Å². The molecular weight excluding hydrogens is 376 g/mol. The summed E-state index contributed by atoms with van der Waals surface area (Å²) < 4.78 is 4.29. The van der Waals surface area contributed by atoms with Crippen LogP contribution in [0.4, 0.5) is 16.8 Å². The molecule has 3 heterocycles. The fourth-order valence-electron chi connectivity index (χ4n) is 3.61. The molecule has 2 unspecified atom stereocenters. The van der Waals surface area contributed by atoms with Crippen molar-refractivity contribution in [2.75, 3.05) is 10.6 Å². The highest BCUT2D eigenvalue weighted by molar-refractivity contribution is 7.09. The third kappa shape index (κ3) is 3.89. The van der Waals surface area contributed by atoms with E-state index in [0.29, 0.717) is 28.8 Å². The van der Waals surface area contributed by atoms with Crippen LogP contribution in [-0.4, -0.2) is 32.1 Å². The molecule has 0 spiro atoms. The molecule has 4 rings (SSSR count). The number of hydrogen-bond donors (Lipinski definition) is 3. The minimum atomic E-state index is -0.353. The first-order chi connectivity index (χ1) is 13.6. The van der Waals surface area contributed by atoms with Crippen LogP contribution in [0.1, 0.15) is 38.4 Å². The molecular formula is C19H22N6O2S. The average molecular weight is 398 g/mol. The van der Waals surface area contributed by atoms with Gasteiger partial charge in [-0.1, -0.05) is 13.0 Å². The first-order valence-corrected chi connectivity index (χ1v) is 10.3. The second kappa shape index (κ2) is 8.05. The smallest absolute Gasteiger partial charge is 0.255 e. The largest absolute Gasteiger partial charge is 0.387 e. The summed E-state index contributed by atoms with van der Waals surface area (Å²) in [6.07, 6.45) is 5.82. The van der Waals surface area contributed by atoms with Crippen LogP contribution < -0.4 is 16.0 Å². The molecule has 2 atom stereocenters. The Hall–Kier alpha value is -2.81. The van der Waals surface area contributed by atoms with E-state index >= 15 is 0 Å². The third-order valence-corrected chi connectivity index (χ3v) is 5.57. The molecule has 0 bridgehead atoms. The molecule has 0 radical (unpaired) electrons. The Morgan fingerprint density at radius 3 is 3.04 bits per heavy atom. The number of aromatic nitrogens is 3. The highest BCUT2D eigenvalue weighted by Crippen LogP contribution is 2.32. The monoisotopic (exact) mass is 398 g/mol. The fraction of sp³-hybridized carbons (Fsp3) is 0.421. The van der Waals surface area contributed by atoms with E-state index in [1.807, 2.05) is 0 Å². The van der Waals surface area contributed by atoms with E-state index in [1.165, 1.54) is 11.5 Å². The Kier molecular flexibility index (Phi) is 5.34. The van der Waals surface area contributed by atoms with E-state index in [4.69, 9.17) is 0 Å². The van der Waals surface area contributed by atoms with Gasteiger partial charge in [0.1, 0.15) is 23.2 Å². The number of fused-ring (bicyclic) bond motifs is 1. The lowest BCUT2D eigenvalue weighted by molar-refractivity contribution is -0.125. The summed E-state index contributed by atoms with van der Waals surface area (Å²) in [6, 6.07) is 5.36. The molecule has 2 aromatic heterocycles. The topological polar surface area (TPSA) is 109 Å². The number of rotatable bonds is 6. The minimum Gasteiger partial charge on any atom is -0.387 e. The van der Waals surface area contributed by atoms with E-state index in [0.717, 1.165) is 31.5 Å². The number of carbonyl (C=O) groups excluding carboxylic acids is 2. The molecule has 0 aromatic carbocycles. The van der Waals surface area contributed by atoms with Crippen LogP contribution in [0.5, 0.6) is 0 Å². The number of pyridine rings is 1. The van der Waals surface area contributed by atoms with Gasteiger partial charge >= 0.3 is 0 Å². The van der Waals surface area contributed by atoms with Crippen LogP contribution >= 0.6 is 11.5 Å². The molecule has 8 nitrogen and oxygen atoms in total. The van der Waals surface area contributed by atoms with Gasteiger partial charge < -0.3 is 16.0 Å². The van der Waals surface area contributed by atoms with Crippen LogP contribution in [0, 0.1) is 5.92 Å². The number of Topliss-reactive ketones (excluding diaryl/α,β-unsaturated/α-hetero) is 1. The zero-order chi connectivity index (χ0) is 19.5. The number of aryl methyl sites for hydroxylation is 1. The van der Waals surface area contributed by atoms with Gasteiger partial charge in [-0.05, 0) is 31.4 Å². The summed E-state index contributed by atoms with van der Waals surface area (Å²) in [7, 11) is 0. The number of ketones is 1. The van der Waals surface area contributed by atoms with E-state index in [9.17, 15) is 9.59 Å². The van der Waals surface area contributed by atoms with Gasteiger partial charge in [0, 0.05) is 42.2 Å². The van der Waals surface area contributed by atoms with Crippen molar-refractivity contribution in [2.24, 2.45) is 5.92 Å². The van der Waals surface area contributed by atoms with E-state index in [1.54, 1.807) is 24.4 Å². The predicted octanol–water partition coefficient (Wildman–Crippen LogP) is 2.79. The molecule has 146 valence electrons. The normalized spacial score (nSPS) is 20.9. The number of nitrogens with zero attached hydrogens (tertiary/aromatic N) is 3. The van der Waals surface area contributed by atoms with Gasteiger partial charge in [-0.15, -0.1) is 0 Å². The second-order valence-corrected chi connectivity index (χ2v) is 7.71. The van der Waals surface area contributed by atoms with Gasteiger partial charge in [0.2, 0.25) is 5.13 Å². The van der Waals surface area contributed by atoms with Gasteiger partial charge in [-0.3, -0.25) is 9.59 Å². The molecule has 1 aliphatic heterocycles. The Bertz CT molecular complexity index is 925. The Morgan fingerprint density at radius 2 is 2.18 bits per heavy atom. The van der Waals surface area contributed by atoms with Crippen molar-refractivity contribution in [1.82, 2.24) is 19.7 Å². The Morgan fingerprint density at radius 1 is 1.32 bits per heavy atom. The van der Waals surface area contributed by atoms with Gasteiger partial charge in [0.05, 0.1) is 5.92 Å². The summed E-state index contributed by atoms with van der Waals surface area (Å²) in [5, 5.41) is 9.76. The summed E-state index contributed by atoms with van der Waals surface area (Å²) in [5.41, 5.74) is 0.489. The summed E-state index contributed by atoms with van der Waals surface area (Å²) >= 11 is 1.28. The van der Waals surface area contributed by atoms with Crippen molar-refractivity contribution in [1.29, 1.82) is 0 Å². The van der Waals surface area contributed by atoms with Crippen molar-refractivity contribution in [2.45, 2.75) is 45.1 Å². The van der Waals surface area contributed by atoms with Crippen LogP contribution in [0.3, 0.4) is 0 Å². The quantitative estimate of drug-likeness (QED) is 0.686. The first-order valence-electron chi connectivity index (χ1n) is 9.51. The highest BCUT2D eigenvalue weighted by Gasteiger charge is 2.40. The maximum absolute atomic E-state index is 12.7. The van der Waals surface area contributed by atoms with Crippen LogP contribution in [0.25, 0.3) is 0 Å². The summed E-state index contributed by atoms with van der Waals surface area (Å²) in [5.74, 6) is 1.29. The average Bonchev–Trinajstić information content (AvgIpc) is 3.30. The van der Waals surface area contributed by atoms with Gasteiger partial charge in [0.15, 0.2) is 0 Å².